The minimum Gasteiger partial charge on any atom is -0.251 e. The minimum absolute atomic E-state index is 0.362. The number of hydrogen-bond acceptors (Lipinski definition) is 3. The van der Waals surface area contributed by atoms with E-state index in [1.807, 2.05) is 0 Å². The van der Waals surface area contributed by atoms with Crippen molar-refractivity contribution in [1.29, 1.82) is 0 Å². The van der Waals surface area contributed by atoms with Crippen LogP contribution in [0.1, 0.15) is 46.0 Å². The summed E-state index contributed by atoms with van der Waals surface area (Å²) in [6.07, 6.45) is 9.64. The maximum Gasteiger partial charge on any atom is 0.271 e. The van der Waals surface area contributed by atoms with Crippen LogP contribution in [0.2, 0.25) is 0 Å². The Morgan fingerprint density at radius 2 is 1.80 bits per heavy atom. The lowest BCUT2D eigenvalue weighted by molar-refractivity contribution is 0.175. The predicted molar refractivity (Wildman–Crippen MR) is 59.8 cm³/mol. The molecule has 15 heavy (non-hydrogen) atoms. The number of hydrogen-bond donors (Lipinski definition) is 0. The maximum atomic E-state index is 11.8. The second kappa shape index (κ2) is 4.54. The summed E-state index contributed by atoms with van der Waals surface area (Å²) in [6, 6.07) is 0. The van der Waals surface area contributed by atoms with Gasteiger partial charge in [0.25, 0.3) is 10.1 Å². The molecule has 0 aromatic carbocycles. The first-order chi connectivity index (χ1) is 6.87. The molecule has 1 fully saturated rings. The molecular formula is C11H18O3S. The SMILES string of the molecule is C#CC(C)(C)OS(=O)(=O)C1CCCCC1. The van der Waals surface area contributed by atoms with Gasteiger partial charge in [0.2, 0.25) is 0 Å². The Hall–Kier alpha value is -0.530. The first-order valence-corrected chi connectivity index (χ1v) is 6.77. The van der Waals surface area contributed by atoms with Crippen LogP contribution in [0.3, 0.4) is 0 Å². The number of rotatable bonds is 3. The smallest absolute Gasteiger partial charge is 0.251 e. The summed E-state index contributed by atoms with van der Waals surface area (Å²) in [7, 11) is -3.50. The van der Waals surface area contributed by atoms with Gasteiger partial charge in [-0.1, -0.05) is 25.2 Å². The molecule has 0 bridgehead atoms. The molecule has 0 aliphatic heterocycles. The third-order valence-corrected chi connectivity index (χ3v) is 4.57. The van der Waals surface area contributed by atoms with E-state index in [9.17, 15) is 8.42 Å². The van der Waals surface area contributed by atoms with Crippen LogP contribution in [0.4, 0.5) is 0 Å². The molecule has 0 spiro atoms. The molecule has 0 saturated heterocycles. The van der Waals surface area contributed by atoms with Gasteiger partial charge in [-0.15, -0.1) is 6.42 Å². The standard InChI is InChI=1S/C11H18O3S/c1-4-11(2,3)14-15(12,13)10-8-6-5-7-9-10/h1,10H,5-9H2,2-3H3. The van der Waals surface area contributed by atoms with Crippen molar-refractivity contribution in [2.75, 3.05) is 0 Å². The summed E-state index contributed by atoms with van der Waals surface area (Å²) in [5, 5.41) is -0.362. The van der Waals surface area contributed by atoms with Crippen molar-refractivity contribution < 1.29 is 12.6 Å². The summed E-state index contributed by atoms with van der Waals surface area (Å²) in [4.78, 5) is 0. The number of terminal acetylenes is 1. The Bertz CT molecular complexity index is 343. The van der Waals surface area contributed by atoms with E-state index < -0.39 is 15.7 Å². The van der Waals surface area contributed by atoms with Gasteiger partial charge in [-0.3, -0.25) is 4.18 Å². The average molecular weight is 230 g/mol. The molecular weight excluding hydrogens is 212 g/mol. The van der Waals surface area contributed by atoms with E-state index in [-0.39, 0.29) is 5.25 Å². The highest BCUT2D eigenvalue weighted by Crippen LogP contribution is 2.27. The van der Waals surface area contributed by atoms with Gasteiger partial charge in [0.05, 0.1) is 5.25 Å². The zero-order valence-corrected chi connectivity index (χ0v) is 10.1. The summed E-state index contributed by atoms with van der Waals surface area (Å²) in [6.45, 7) is 3.18. The summed E-state index contributed by atoms with van der Waals surface area (Å²) < 4.78 is 28.7. The summed E-state index contributed by atoms with van der Waals surface area (Å²) >= 11 is 0. The van der Waals surface area contributed by atoms with E-state index in [1.165, 1.54) is 0 Å². The molecule has 0 aromatic heterocycles. The quantitative estimate of drug-likeness (QED) is 0.550. The van der Waals surface area contributed by atoms with E-state index in [1.54, 1.807) is 13.8 Å². The third kappa shape index (κ3) is 3.51. The van der Waals surface area contributed by atoms with Crippen LogP contribution in [-0.4, -0.2) is 19.3 Å². The van der Waals surface area contributed by atoms with E-state index in [0.717, 1.165) is 19.3 Å². The second-order valence-corrected chi connectivity index (χ2v) is 6.31. The minimum atomic E-state index is -3.50. The molecule has 4 heteroatoms. The summed E-state index contributed by atoms with van der Waals surface area (Å²) in [5.74, 6) is 2.34. The Morgan fingerprint density at radius 3 is 2.27 bits per heavy atom. The molecule has 0 amide bonds. The van der Waals surface area contributed by atoms with Crippen LogP contribution in [0.5, 0.6) is 0 Å². The fraction of sp³-hybridized carbons (Fsp3) is 0.818. The zero-order valence-electron chi connectivity index (χ0n) is 9.32. The van der Waals surface area contributed by atoms with Crippen molar-refractivity contribution >= 4 is 10.1 Å². The van der Waals surface area contributed by atoms with Gasteiger partial charge in [0.15, 0.2) is 0 Å². The topological polar surface area (TPSA) is 43.4 Å². The first kappa shape index (κ1) is 12.5. The van der Waals surface area contributed by atoms with Gasteiger partial charge >= 0.3 is 0 Å². The molecule has 0 N–H and O–H groups in total. The van der Waals surface area contributed by atoms with Crippen molar-refractivity contribution in [3.63, 3.8) is 0 Å². The van der Waals surface area contributed by atoms with Crippen molar-refractivity contribution in [2.45, 2.75) is 56.8 Å². The molecule has 86 valence electrons. The molecule has 1 aliphatic rings. The van der Waals surface area contributed by atoms with E-state index in [2.05, 4.69) is 5.92 Å². The maximum absolute atomic E-state index is 11.8. The highest BCUT2D eigenvalue weighted by molar-refractivity contribution is 7.87. The van der Waals surface area contributed by atoms with Crippen molar-refractivity contribution in [1.82, 2.24) is 0 Å². The lowest BCUT2D eigenvalue weighted by atomic mass is 10.0. The molecule has 1 saturated carbocycles. The van der Waals surface area contributed by atoms with Gasteiger partial charge in [-0.05, 0) is 26.7 Å². The Kier molecular flexibility index (Phi) is 3.80. The third-order valence-electron chi connectivity index (χ3n) is 2.63. The Balaban J connectivity index is 2.71. The Morgan fingerprint density at radius 1 is 1.27 bits per heavy atom. The molecule has 0 radical (unpaired) electrons. The molecule has 0 heterocycles. The largest absolute Gasteiger partial charge is 0.271 e. The van der Waals surface area contributed by atoms with Gasteiger partial charge in [0.1, 0.15) is 5.60 Å². The van der Waals surface area contributed by atoms with Crippen LogP contribution in [-0.2, 0) is 14.3 Å². The van der Waals surface area contributed by atoms with Crippen LogP contribution >= 0.6 is 0 Å². The monoisotopic (exact) mass is 230 g/mol. The van der Waals surface area contributed by atoms with Crippen molar-refractivity contribution in [2.24, 2.45) is 0 Å². The van der Waals surface area contributed by atoms with Crippen LogP contribution < -0.4 is 0 Å². The van der Waals surface area contributed by atoms with E-state index >= 15 is 0 Å². The Labute approximate surface area is 92.3 Å². The molecule has 0 atom stereocenters. The van der Waals surface area contributed by atoms with E-state index in [0.29, 0.717) is 12.8 Å². The molecule has 1 rings (SSSR count). The fourth-order valence-electron chi connectivity index (χ4n) is 1.74. The average Bonchev–Trinajstić information content (AvgIpc) is 2.18. The van der Waals surface area contributed by atoms with Gasteiger partial charge < -0.3 is 0 Å². The predicted octanol–water partition coefficient (Wildman–Crippen LogP) is 2.08. The lowest BCUT2D eigenvalue weighted by Gasteiger charge is -2.25. The molecule has 0 aromatic rings. The van der Waals surface area contributed by atoms with Gasteiger partial charge in [0, 0.05) is 0 Å². The van der Waals surface area contributed by atoms with Crippen molar-refractivity contribution in [3.8, 4) is 12.3 Å². The van der Waals surface area contributed by atoms with Crippen LogP contribution in [0, 0.1) is 12.3 Å². The van der Waals surface area contributed by atoms with Crippen LogP contribution in [0.25, 0.3) is 0 Å². The van der Waals surface area contributed by atoms with Crippen LogP contribution in [0.15, 0.2) is 0 Å². The van der Waals surface area contributed by atoms with Gasteiger partial charge in [-0.25, -0.2) is 0 Å². The first-order valence-electron chi connectivity index (χ1n) is 5.29. The molecule has 0 unspecified atom stereocenters. The highest BCUT2D eigenvalue weighted by Gasteiger charge is 2.33. The molecule has 3 nitrogen and oxygen atoms in total. The lowest BCUT2D eigenvalue weighted by Crippen LogP contribution is -2.33. The zero-order chi connectivity index (χ0) is 11.5. The van der Waals surface area contributed by atoms with Crippen molar-refractivity contribution in [3.05, 3.63) is 0 Å². The van der Waals surface area contributed by atoms with E-state index in [4.69, 9.17) is 10.6 Å². The normalized spacial score (nSPS) is 19.8. The second-order valence-electron chi connectivity index (χ2n) is 4.49. The van der Waals surface area contributed by atoms with Gasteiger partial charge in [-0.2, -0.15) is 8.42 Å². The molecule has 1 aliphatic carbocycles. The highest BCUT2D eigenvalue weighted by atomic mass is 32.2. The fourth-order valence-corrected chi connectivity index (χ4v) is 3.41. The summed E-state index contributed by atoms with van der Waals surface area (Å²) in [5.41, 5.74) is -1.03.